The van der Waals surface area contributed by atoms with Crippen LogP contribution in [0.1, 0.15) is 6.92 Å². The fourth-order valence-electron chi connectivity index (χ4n) is 0.463. The van der Waals surface area contributed by atoms with Gasteiger partial charge in [-0.2, -0.15) is 0 Å². The van der Waals surface area contributed by atoms with Gasteiger partial charge in [0.2, 0.25) is 0 Å². The van der Waals surface area contributed by atoms with Gasteiger partial charge in [0.1, 0.15) is 0 Å². The molecule has 0 aliphatic heterocycles. The van der Waals surface area contributed by atoms with Crippen LogP contribution in [0.3, 0.4) is 0 Å². The van der Waals surface area contributed by atoms with Gasteiger partial charge in [-0.15, -0.1) is 11.3 Å². The second-order valence-corrected chi connectivity index (χ2v) is 3.95. The van der Waals surface area contributed by atoms with Crippen LogP contribution in [-0.4, -0.2) is 34.7 Å². The molecule has 0 bridgehead atoms. The molecule has 0 radical (unpaired) electrons. The summed E-state index contributed by atoms with van der Waals surface area (Å²) in [4.78, 5) is 10.5. The molecule has 50 valence electrons. The summed E-state index contributed by atoms with van der Waals surface area (Å²) >= 11 is 2.88. The number of thiophene rings is 1. The molecule has 1 aromatic heterocycles. The van der Waals surface area contributed by atoms with E-state index < -0.39 is 0 Å². The maximum atomic E-state index is 10.5. The van der Waals surface area contributed by atoms with E-state index in [1.165, 1.54) is 11.8 Å². The molecule has 0 unspecified atom stereocenters. The van der Waals surface area contributed by atoms with Gasteiger partial charge in [-0.1, -0.05) is 6.07 Å². The van der Waals surface area contributed by atoms with Crippen molar-refractivity contribution in [2.24, 2.45) is 0 Å². The van der Waals surface area contributed by atoms with Gasteiger partial charge in [0.05, 0.1) is 4.21 Å². The molecule has 0 atom stereocenters. The van der Waals surface area contributed by atoms with Crippen LogP contribution in [0.25, 0.3) is 0 Å². The van der Waals surface area contributed by atoms with Crippen LogP contribution >= 0.6 is 23.1 Å². The van der Waals surface area contributed by atoms with E-state index in [0.29, 0.717) is 0 Å². The van der Waals surface area contributed by atoms with Crippen LogP contribution in [0, 0.1) is 0 Å². The molecule has 0 saturated heterocycles. The minimum absolute atomic E-state index is 0. The Labute approximate surface area is 90.5 Å². The molecule has 1 aromatic rings. The molecular formula is C6H7NaOS2. The molecule has 4 heteroatoms. The zero-order valence-corrected chi connectivity index (χ0v) is 6.59. The van der Waals surface area contributed by atoms with Crippen molar-refractivity contribution in [2.45, 2.75) is 11.1 Å². The van der Waals surface area contributed by atoms with Crippen molar-refractivity contribution in [3.63, 3.8) is 0 Å². The number of carbonyl (C=O) groups is 1. The van der Waals surface area contributed by atoms with Crippen molar-refractivity contribution in [3.05, 3.63) is 17.5 Å². The van der Waals surface area contributed by atoms with Gasteiger partial charge in [0.25, 0.3) is 0 Å². The number of hydrogen-bond acceptors (Lipinski definition) is 3. The first-order chi connectivity index (χ1) is 4.29. The van der Waals surface area contributed by atoms with E-state index in [1.807, 2.05) is 17.5 Å². The summed E-state index contributed by atoms with van der Waals surface area (Å²) in [5.74, 6) is 0. The predicted molar refractivity (Wildman–Crippen MR) is 48.0 cm³/mol. The molecule has 0 saturated carbocycles. The third-order valence-electron chi connectivity index (χ3n) is 0.739. The number of hydrogen-bond donors (Lipinski definition) is 0. The average molecular weight is 182 g/mol. The van der Waals surface area contributed by atoms with Crippen LogP contribution in [0.5, 0.6) is 0 Å². The Morgan fingerprint density at radius 2 is 2.40 bits per heavy atom. The summed E-state index contributed by atoms with van der Waals surface area (Å²) in [6.45, 7) is 1.57. The zero-order valence-electron chi connectivity index (χ0n) is 4.96. The topological polar surface area (TPSA) is 17.1 Å². The summed E-state index contributed by atoms with van der Waals surface area (Å²) in [5.41, 5.74) is 0. The van der Waals surface area contributed by atoms with E-state index in [9.17, 15) is 4.79 Å². The molecule has 1 nitrogen and oxygen atoms in total. The summed E-state index contributed by atoms with van der Waals surface area (Å²) in [6, 6.07) is 3.88. The summed E-state index contributed by atoms with van der Waals surface area (Å²) in [6.07, 6.45) is 0. The SMILES string of the molecule is CC(=O)Sc1cccs1.[NaH]. The van der Waals surface area contributed by atoms with Crippen molar-refractivity contribution < 1.29 is 4.79 Å². The fourth-order valence-corrected chi connectivity index (χ4v) is 2.05. The van der Waals surface area contributed by atoms with Gasteiger partial charge in [-0.05, 0) is 23.2 Å². The Kier molecular flexibility index (Phi) is 5.77. The Balaban J connectivity index is 0.000000810. The Hall–Kier alpha value is 0.720. The molecule has 0 N–H and O–H groups in total. The van der Waals surface area contributed by atoms with Gasteiger partial charge in [0.15, 0.2) is 5.12 Å². The van der Waals surface area contributed by atoms with Gasteiger partial charge < -0.3 is 0 Å². The Morgan fingerprint density at radius 3 is 2.80 bits per heavy atom. The summed E-state index contributed by atoms with van der Waals surface area (Å²) in [5, 5.41) is 2.11. The number of rotatable bonds is 1. The van der Waals surface area contributed by atoms with Crippen LogP contribution in [0.15, 0.2) is 21.7 Å². The molecule has 1 rings (SSSR count). The van der Waals surface area contributed by atoms with Crippen molar-refractivity contribution in [1.82, 2.24) is 0 Å². The van der Waals surface area contributed by atoms with E-state index in [0.717, 1.165) is 4.21 Å². The first-order valence-electron chi connectivity index (χ1n) is 2.51. The summed E-state index contributed by atoms with van der Waals surface area (Å²) < 4.78 is 1.07. The van der Waals surface area contributed by atoms with Crippen molar-refractivity contribution in [3.8, 4) is 0 Å². The molecule has 0 fully saturated rings. The quantitative estimate of drug-likeness (QED) is 0.486. The molecule has 0 amide bonds. The van der Waals surface area contributed by atoms with E-state index in [-0.39, 0.29) is 34.7 Å². The van der Waals surface area contributed by atoms with E-state index in [2.05, 4.69) is 0 Å². The molecule has 0 aliphatic carbocycles. The van der Waals surface area contributed by atoms with Gasteiger partial charge in [-0.3, -0.25) is 4.79 Å². The normalized spacial score (nSPS) is 8.50. The van der Waals surface area contributed by atoms with Crippen LogP contribution in [-0.2, 0) is 4.79 Å². The van der Waals surface area contributed by atoms with E-state index in [4.69, 9.17) is 0 Å². The maximum absolute atomic E-state index is 10.5. The first-order valence-corrected chi connectivity index (χ1v) is 4.20. The third-order valence-corrected chi connectivity index (χ3v) is 2.56. The van der Waals surface area contributed by atoms with Crippen LogP contribution in [0.2, 0.25) is 0 Å². The molecule has 0 spiro atoms. The number of thioether (sulfide) groups is 1. The Bertz CT molecular complexity index is 196. The predicted octanol–water partition coefficient (Wildman–Crippen LogP) is 1.74. The van der Waals surface area contributed by atoms with Crippen LogP contribution < -0.4 is 0 Å². The van der Waals surface area contributed by atoms with Gasteiger partial charge in [0, 0.05) is 6.92 Å². The standard InChI is InChI=1S/C6H6OS2.Na.H/c1-5(7)9-6-3-2-4-8-6;;/h2-4H,1H3;;. The summed E-state index contributed by atoms with van der Waals surface area (Å²) in [7, 11) is 0. The second-order valence-electron chi connectivity index (χ2n) is 1.53. The molecule has 1 heterocycles. The van der Waals surface area contributed by atoms with E-state index in [1.54, 1.807) is 18.3 Å². The number of carbonyl (C=O) groups excluding carboxylic acids is 1. The average Bonchev–Trinajstić information content (AvgIpc) is 2.15. The second kappa shape index (κ2) is 5.38. The van der Waals surface area contributed by atoms with Crippen LogP contribution in [0.4, 0.5) is 0 Å². The fraction of sp³-hybridized carbons (Fsp3) is 0.167. The third kappa shape index (κ3) is 3.78. The molecular weight excluding hydrogens is 175 g/mol. The zero-order chi connectivity index (χ0) is 6.69. The van der Waals surface area contributed by atoms with Gasteiger partial charge >= 0.3 is 29.6 Å². The van der Waals surface area contributed by atoms with E-state index >= 15 is 0 Å². The van der Waals surface area contributed by atoms with Gasteiger partial charge in [-0.25, -0.2) is 0 Å². The minimum atomic E-state index is 0. The van der Waals surface area contributed by atoms with Crippen molar-refractivity contribution in [2.75, 3.05) is 0 Å². The monoisotopic (exact) mass is 182 g/mol. The first kappa shape index (κ1) is 10.7. The molecule has 10 heavy (non-hydrogen) atoms. The molecule has 0 aromatic carbocycles. The van der Waals surface area contributed by atoms with Crippen molar-refractivity contribution >= 4 is 57.8 Å². The molecule has 0 aliphatic rings. The Morgan fingerprint density at radius 1 is 1.70 bits per heavy atom. The van der Waals surface area contributed by atoms with Crippen molar-refractivity contribution in [1.29, 1.82) is 0 Å².